The smallest absolute Gasteiger partial charge is 0.243 e. The van der Waals surface area contributed by atoms with E-state index >= 15 is 0 Å². The van der Waals surface area contributed by atoms with Crippen molar-refractivity contribution in [3.05, 3.63) is 11.7 Å². The van der Waals surface area contributed by atoms with Crippen molar-refractivity contribution in [1.82, 2.24) is 24.8 Å². The summed E-state index contributed by atoms with van der Waals surface area (Å²) in [4.78, 5) is 23.5. The Kier molecular flexibility index (Phi) is 5.43. The maximum atomic E-state index is 12.3. The summed E-state index contributed by atoms with van der Waals surface area (Å²) in [6.07, 6.45) is 2.30. The molecule has 1 aromatic rings. The number of rotatable bonds is 4. The van der Waals surface area contributed by atoms with E-state index in [4.69, 9.17) is 4.52 Å². The molecular formula is C18H31N5O2. The molecule has 0 aliphatic carbocycles. The van der Waals surface area contributed by atoms with Crippen LogP contribution < -0.4 is 0 Å². The highest BCUT2D eigenvalue weighted by atomic mass is 16.5. The summed E-state index contributed by atoms with van der Waals surface area (Å²) in [5.41, 5.74) is -0.101. The molecule has 2 aliphatic rings. The van der Waals surface area contributed by atoms with E-state index in [9.17, 15) is 4.79 Å². The predicted octanol–water partition coefficient (Wildman–Crippen LogP) is 1.67. The minimum Gasteiger partial charge on any atom is -0.342 e. The van der Waals surface area contributed by atoms with Crippen molar-refractivity contribution >= 4 is 5.91 Å². The van der Waals surface area contributed by atoms with E-state index in [-0.39, 0.29) is 17.4 Å². The summed E-state index contributed by atoms with van der Waals surface area (Å²) in [5.74, 6) is 1.72. The second-order valence-corrected chi connectivity index (χ2v) is 8.28. The Labute approximate surface area is 150 Å². The SMILES string of the molecule is CC(c1nc(C(C)(C)C)no1)N1CCN(CC(=O)N2CCCC2)CC1. The largest absolute Gasteiger partial charge is 0.342 e. The van der Waals surface area contributed by atoms with E-state index in [0.717, 1.165) is 57.9 Å². The number of carbonyl (C=O) groups is 1. The van der Waals surface area contributed by atoms with Gasteiger partial charge < -0.3 is 9.42 Å². The molecule has 0 N–H and O–H groups in total. The second-order valence-electron chi connectivity index (χ2n) is 8.28. The molecule has 2 saturated heterocycles. The van der Waals surface area contributed by atoms with Crippen LogP contribution in [0.2, 0.25) is 0 Å². The monoisotopic (exact) mass is 349 g/mol. The summed E-state index contributed by atoms with van der Waals surface area (Å²) in [6.45, 7) is 14.4. The number of hydrogen-bond donors (Lipinski definition) is 0. The Morgan fingerprint density at radius 2 is 1.76 bits per heavy atom. The highest BCUT2D eigenvalue weighted by molar-refractivity contribution is 5.78. The van der Waals surface area contributed by atoms with E-state index < -0.39 is 0 Å². The fraction of sp³-hybridized carbons (Fsp3) is 0.833. The fourth-order valence-corrected chi connectivity index (χ4v) is 3.43. The van der Waals surface area contributed by atoms with Crippen LogP contribution in [0.3, 0.4) is 0 Å². The molecule has 1 unspecified atom stereocenters. The molecule has 1 aromatic heterocycles. The highest BCUT2D eigenvalue weighted by Crippen LogP contribution is 2.24. The number of amides is 1. The minimum atomic E-state index is -0.101. The van der Waals surface area contributed by atoms with E-state index in [1.807, 2.05) is 4.90 Å². The summed E-state index contributed by atoms with van der Waals surface area (Å²) in [7, 11) is 0. The van der Waals surface area contributed by atoms with Gasteiger partial charge in [0.15, 0.2) is 5.82 Å². The third kappa shape index (κ3) is 4.39. The average molecular weight is 349 g/mol. The Hall–Kier alpha value is -1.47. The van der Waals surface area contributed by atoms with Crippen molar-refractivity contribution in [2.45, 2.75) is 52.0 Å². The number of nitrogens with zero attached hydrogens (tertiary/aromatic N) is 5. The number of aromatic nitrogens is 2. The van der Waals surface area contributed by atoms with Crippen LogP contribution in [0.1, 0.15) is 58.3 Å². The fourth-order valence-electron chi connectivity index (χ4n) is 3.43. The summed E-state index contributed by atoms with van der Waals surface area (Å²) in [6, 6.07) is 0.111. The van der Waals surface area contributed by atoms with Crippen LogP contribution in [0.5, 0.6) is 0 Å². The number of likely N-dealkylation sites (tertiary alicyclic amines) is 1. The normalized spacial score (nSPS) is 21.7. The quantitative estimate of drug-likeness (QED) is 0.824. The van der Waals surface area contributed by atoms with Gasteiger partial charge in [0.2, 0.25) is 11.8 Å². The Bertz CT molecular complexity index is 581. The van der Waals surface area contributed by atoms with Gasteiger partial charge in [0.1, 0.15) is 0 Å². The van der Waals surface area contributed by atoms with Crippen LogP contribution in [0.25, 0.3) is 0 Å². The highest BCUT2D eigenvalue weighted by Gasteiger charge is 2.29. The molecule has 3 rings (SSSR count). The minimum absolute atomic E-state index is 0.101. The van der Waals surface area contributed by atoms with Crippen LogP contribution >= 0.6 is 0 Å². The third-order valence-corrected chi connectivity index (χ3v) is 5.24. The molecule has 25 heavy (non-hydrogen) atoms. The first-order valence-corrected chi connectivity index (χ1v) is 9.43. The zero-order chi connectivity index (χ0) is 18.0. The molecule has 3 heterocycles. The van der Waals surface area contributed by atoms with Gasteiger partial charge in [-0.25, -0.2) is 0 Å². The molecule has 2 fully saturated rings. The first kappa shape index (κ1) is 18.3. The van der Waals surface area contributed by atoms with Crippen LogP contribution in [-0.2, 0) is 10.2 Å². The molecule has 2 aliphatic heterocycles. The summed E-state index contributed by atoms with van der Waals surface area (Å²) in [5, 5.41) is 4.13. The standard InChI is InChI=1S/C18H31N5O2/c1-14(16-19-17(20-25-16)18(2,3)4)22-11-9-21(10-12-22)13-15(24)23-7-5-6-8-23/h14H,5-13H2,1-4H3. The topological polar surface area (TPSA) is 65.7 Å². The zero-order valence-electron chi connectivity index (χ0n) is 16.0. The molecule has 0 spiro atoms. The molecular weight excluding hydrogens is 318 g/mol. The Balaban J connectivity index is 1.49. The molecule has 7 heteroatoms. The van der Waals surface area contributed by atoms with E-state index in [0.29, 0.717) is 12.4 Å². The van der Waals surface area contributed by atoms with Crippen molar-refractivity contribution in [2.24, 2.45) is 0 Å². The summed E-state index contributed by atoms with van der Waals surface area (Å²) < 4.78 is 5.49. The van der Waals surface area contributed by atoms with Gasteiger partial charge in [-0.2, -0.15) is 4.98 Å². The zero-order valence-corrected chi connectivity index (χ0v) is 16.0. The lowest BCUT2D eigenvalue weighted by molar-refractivity contribution is -0.131. The third-order valence-electron chi connectivity index (χ3n) is 5.24. The van der Waals surface area contributed by atoms with Gasteiger partial charge in [-0.3, -0.25) is 14.6 Å². The van der Waals surface area contributed by atoms with Gasteiger partial charge in [-0.05, 0) is 19.8 Å². The molecule has 140 valence electrons. The van der Waals surface area contributed by atoms with Crippen molar-refractivity contribution in [2.75, 3.05) is 45.8 Å². The van der Waals surface area contributed by atoms with E-state index in [1.165, 1.54) is 0 Å². The lowest BCUT2D eigenvalue weighted by Gasteiger charge is -2.36. The lowest BCUT2D eigenvalue weighted by atomic mass is 9.96. The average Bonchev–Trinajstić information content (AvgIpc) is 3.26. The van der Waals surface area contributed by atoms with Gasteiger partial charge in [0, 0.05) is 44.7 Å². The van der Waals surface area contributed by atoms with Gasteiger partial charge in [0.05, 0.1) is 12.6 Å². The molecule has 0 radical (unpaired) electrons. The molecule has 0 aromatic carbocycles. The molecule has 7 nitrogen and oxygen atoms in total. The van der Waals surface area contributed by atoms with Gasteiger partial charge in [0.25, 0.3) is 0 Å². The Morgan fingerprint density at radius 3 is 2.32 bits per heavy atom. The molecule has 0 bridgehead atoms. The number of hydrogen-bond acceptors (Lipinski definition) is 6. The van der Waals surface area contributed by atoms with Crippen LogP contribution in [-0.4, -0.2) is 76.6 Å². The maximum Gasteiger partial charge on any atom is 0.243 e. The molecule has 1 atom stereocenters. The molecule has 1 amide bonds. The van der Waals surface area contributed by atoms with Crippen LogP contribution in [0, 0.1) is 0 Å². The maximum absolute atomic E-state index is 12.3. The van der Waals surface area contributed by atoms with Gasteiger partial charge in [-0.1, -0.05) is 25.9 Å². The van der Waals surface area contributed by atoms with Crippen molar-refractivity contribution in [3.8, 4) is 0 Å². The van der Waals surface area contributed by atoms with Crippen LogP contribution in [0.4, 0.5) is 0 Å². The lowest BCUT2D eigenvalue weighted by Crippen LogP contribution is -2.50. The second kappa shape index (κ2) is 7.41. The molecule has 0 saturated carbocycles. The number of piperazine rings is 1. The van der Waals surface area contributed by atoms with Crippen molar-refractivity contribution in [1.29, 1.82) is 0 Å². The van der Waals surface area contributed by atoms with Crippen molar-refractivity contribution in [3.63, 3.8) is 0 Å². The van der Waals surface area contributed by atoms with E-state index in [2.05, 4.69) is 47.6 Å². The number of carbonyl (C=O) groups excluding carboxylic acids is 1. The van der Waals surface area contributed by atoms with Crippen LogP contribution in [0.15, 0.2) is 4.52 Å². The first-order chi connectivity index (χ1) is 11.8. The Morgan fingerprint density at radius 1 is 1.12 bits per heavy atom. The summed E-state index contributed by atoms with van der Waals surface area (Å²) >= 11 is 0. The van der Waals surface area contributed by atoms with Crippen molar-refractivity contribution < 1.29 is 9.32 Å². The van der Waals surface area contributed by atoms with Gasteiger partial charge in [-0.15, -0.1) is 0 Å². The first-order valence-electron chi connectivity index (χ1n) is 9.43. The van der Waals surface area contributed by atoms with Gasteiger partial charge >= 0.3 is 0 Å². The van der Waals surface area contributed by atoms with E-state index in [1.54, 1.807) is 0 Å². The predicted molar refractivity (Wildman–Crippen MR) is 95.2 cm³/mol.